The summed E-state index contributed by atoms with van der Waals surface area (Å²) >= 11 is 0. The van der Waals surface area contributed by atoms with Crippen molar-refractivity contribution < 1.29 is 4.79 Å². The van der Waals surface area contributed by atoms with Gasteiger partial charge in [-0.15, -0.1) is 0 Å². The second-order valence-corrected chi connectivity index (χ2v) is 5.39. The van der Waals surface area contributed by atoms with Gasteiger partial charge in [-0.1, -0.05) is 30.3 Å². The van der Waals surface area contributed by atoms with Crippen molar-refractivity contribution in [2.45, 2.75) is 37.8 Å². The zero-order chi connectivity index (χ0) is 11.8. The van der Waals surface area contributed by atoms with Crippen LogP contribution in [0.15, 0.2) is 30.3 Å². The molecule has 1 aliphatic carbocycles. The van der Waals surface area contributed by atoms with E-state index in [9.17, 15) is 4.79 Å². The van der Waals surface area contributed by atoms with Gasteiger partial charge in [0.1, 0.15) is 5.78 Å². The lowest BCUT2D eigenvalue weighted by Gasteiger charge is -2.29. The van der Waals surface area contributed by atoms with Crippen LogP contribution in [0.2, 0.25) is 0 Å². The van der Waals surface area contributed by atoms with E-state index >= 15 is 0 Å². The Balaban J connectivity index is 1.88. The normalized spacial score (nSPS) is 33.7. The van der Waals surface area contributed by atoms with Crippen LogP contribution in [0.5, 0.6) is 0 Å². The second kappa shape index (κ2) is 4.26. The third-order valence-electron chi connectivity index (χ3n) is 4.42. The van der Waals surface area contributed by atoms with E-state index in [4.69, 9.17) is 0 Å². The van der Waals surface area contributed by atoms with Crippen LogP contribution in [-0.2, 0) is 4.79 Å². The molecule has 0 N–H and O–H groups in total. The molecule has 0 spiro atoms. The summed E-state index contributed by atoms with van der Waals surface area (Å²) in [6.07, 6.45) is 4.25. The SMILES string of the molecule is CN1[C@@H](c2ccccc2)C[C@@H]2CCCC(=O)[C@@H]21. The molecule has 1 heterocycles. The molecule has 3 rings (SSSR count). The first kappa shape index (κ1) is 11.0. The number of nitrogens with zero attached hydrogens (tertiary/aromatic N) is 1. The summed E-state index contributed by atoms with van der Waals surface area (Å²) in [7, 11) is 2.12. The molecule has 0 radical (unpaired) electrons. The summed E-state index contributed by atoms with van der Waals surface area (Å²) in [5.41, 5.74) is 1.36. The Hall–Kier alpha value is -1.15. The highest BCUT2D eigenvalue weighted by molar-refractivity contribution is 5.85. The van der Waals surface area contributed by atoms with Gasteiger partial charge in [0, 0.05) is 12.5 Å². The molecule has 1 aromatic carbocycles. The monoisotopic (exact) mass is 229 g/mol. The topological polar surface area (TPSA) is 20.3 Å². The Kier molecular flexibility index (Phi) is 2.75. The van der Waals surface area contributed by atoms with Gasteiger partial charge in [-0.3, -0.25) is 9.69 Å². The molecule has 2 fully saturated rings. The number of likely N-dealkylation sites (N-methyl/N-ethyl adjacent to an activating group) is 1. The molecule has 0 amide bonds. The number of carbonyl (C=O) groups is 1. The summed E-state index contributed by atoms with van der Waals surface area (Å²) in [6, 6.07) is 11.2. The number of ketones is 1. The molecule has 1 saturated heterocycles. The maximum absolute atomic E-state index is 12.0. The maximum Gasteiger partial charge on any atom is 0.150 e. The van der Waals surface area contributed by atoms with E-state index in [1.807, 2.05) is 0 Å². The Morgan fingerprint density at radius 1 is 1.24 bits per heavy atom. The van der Waals surface area contributed by atoms with Crippen molar-refractivity contribution in [1.82, 2.24) is 4.90 Å². The van der Waals surface area contributed by atoms with E-state index in [0.717, 1.165) is 19.3 Å². The minimum Gasteiger partial charge on any atom is -0.298 e. The van der Waals surface area contributed by atoms with Gasteiger partial charge in [0.2, 0.25) is 0 Å². The lowest BCUT2D eigenvalue weighted by Crippen LogP contribution is -2.40. The van der Waals surface area contributed by atoms with E-state index < -0.39 is 0 Å². The number of carbonyl (C=O) groups excluding carboxylic acids is 1. The Morgan fingerprint density at radius 3 is 2.71 bits per heavy atom. The highest BCUT2D eigenvalue weighted by Gasteiger charge is 2.44. The van der Waals surface area contributed by atoms with Crippen LogP contribution in [-0.4, -0.2) is 23.8 Å². The highest BCUT2D eigenvalue weighted by Crippen LogP contribution is 2.43. The van der Waals surface area contributed by atoms with E-state index in [2.05, 4.69) is 42.3 Å². The predicted molar refractivity (Wildman–Crippen MR) is 67.7 cm³/mol. The fourth-order valence-corrected chi connectivity index (χ4v) is 3.61. The fourth-order valence-electron chi connectivity index (χ4n) is 3.61. The van der Waals surface area contributed by atoms with Crippen LogP contribution in [0.3, 0.4) is 0 Å². The van der Waals surface area contributed by atoms with Gasteiger partial charge < -0.3 is 0 Å². The molecule has 3 atom stereocenters. The zero-order valence-corrected chi connectivity index (χ0v) is 10.3. The van der Waals surface area contributed by atoms with Crippen molar-refractivity contribution in [3.63, 3.8) is 0 Å². The van der Waals surface area contributed by atoms with Gasteiger partial charge in [0.25, 0.3) is 0 Å². The smallest absolute Gasteiger partial charge is 0.150 e. The molecule has 2 nitrogen and oxygen atoms in total. The summed E-state index contributed by atoms with van der Waals surface area (Å²) in [5.74, 6) is 1.05. The summed E-state index contributed by atoms with van der Waals surface area (Å²) < 4.78 is 0. The average Bonchev–Trinajstić information content (AvgIpc) is 2.69. The van der Waals surface area contributed by atoms with Crippen LogP contribution in [0, 0.1) is 5.92 Å². The predicted octanol–water partition coefficient (Wildman–Crippen LogP) is 2.80. The largest absolute Gasteiger partial charge is 0.298 e. The van der Waals surface area contributed by atoms with Crippen LogP contribution in [0.4, 0.5) is 0 Å². The van der Waals surface area contributed by atoms with Crippen molar-refractivity contribution in [3.05, 3.63) is 35.9 Å². The van der Waals surface area contributed by atoms with Crippen LogP contribution < -0.4 is 0 Å². The quantitative estimate of drug-likeness (QED) is 0.738. The van der Waals surface area contributed by atoms with Gasteiger partial charge in [0.15, 0.2) is 0 Å². The molecule has 1 aliphatic heterocycles. The van der Waals surface area contributed by atoms with Crippen molar-refractivity contribution in [3.8, 4) is 0 Å². The van der Waals surface area contributed by atoms with Gasteiger partial charge in [-0.2, -0.15) is 0 Å². The summed E-state index contributed by atoms with van der Waals surface area (Å²) in [6.45, 7) is 0. The number of likely N-dealkylation sites (tertiary alicyclic amines) is 1. The molecular formula is C15H19NO. The summed E-state index contributed by atoms with van der Waals surface area (Å²) in [5, 5.41) is 0. The minimum absolute atomic E-state index is 0.189. The lowest BCUT2D eigenvalue weighted by molar-refractivity contribution is -0.126. The zero-order valence-electron chi connectivity index (χ0n) is 10.3. The Bertz CT molecular complexity index is 414. The van der Waals surface area contributed by atoms with Gasteiger partial charge >= 0.3 is 0 Å². The van der Waals surface area contributed by atoms with Crippen LogP contribution in [0.1, 0.15) is 37.3 Å². The number of benzene rings is 1. The average molecular weight is 229 g/mol. The van der Waals surface area contributed by atoms with E-state index in [1.54, 1.807) is 0 Å². The van der Waals surface area contributed by atoms with Crippen LogP contribution >= 0.6 is 0 Å². The molecule has 2 heteroatoms. The van der Waals surface area contributed by atoms with Crippen molar-refractivity contribution in [2.24, 2.45) is 5.92 Å². The van der Waals surface area contributed by atoms with Gasteiger partial charge in [-0.25, -0.2) is 0 Å². The van der Waals surface area contributed by atoms with E-state index in [-0.39, 0.29) is 6.04 Å². The molecule has 0 bridgehead atoms. The molecule has 2 aliphatic rings. The fraction of sp³-hybridized carbons (Fsp3) is 0.533. The van der Waals surface area contributed by atoms with Crippen LogP contribution in [0.25, 0.3) is 0 Å². The number of Topliss-reactive ketones (excluding diaryl/α,β-unsaturated/α-hetero) is 1. The van der Waals surface area contributed by atoms with E-state index in [1.165, 1.54) is 12.0 Å². The first-order valence-corrected chi connectivity index (χ1v) is 6.57. The molecule has 17 heavy (non-hydrogen) atoms. The van der Waals surface area contributed by atoms with Crippen molar-refractivity contribution in [2.75, 3.05) is 7.05 Å². The molecule has 0 unspecified atom stereocenters. The number of rotatable bonds is 1. The first-order chi connectivity index (χ1) is 8.27. The first-order valence-electron chi connectivity index (χ1n) is 6.57. The second-order valence-electron chi connectivity index (χ2n) is 5.39. The standard InChI is InChI=1S/C15H19NO/c1-16-13(11-6-3-2-4-7-11)10-12-8-5-9-14(17)15(12)16/h2-4,6-7,12-13,15H,5,8-10H2,1H3/t12-,13+,15+/m0/s1. The maximum atomic E-state index is 12.0. The van der Waals surface area contributed by atoms with Gasteiger partial charge in [0.05, 0.1) is 6.04 Å². The Labute approximate surface area is 103 Å². The third kappa shape index (κ3) is 1.81. The number of fused-ring (bicyclic) bond motifs is 1. The molecule has 1 saturated carbocycles. The minimum atomic E-state index is 0.189. The van der Waals surface area contributed by atoms with Crippen molar-refractivity contribution in [1.29, 1.82) is 0 Å². The third-order valence-corrected chi connectivity index (χ3v) is 4.42. The summed E-state index contributed by atoms with van der Waals surface area (Å²) in [4.78, 5) is 14.3. The molecular weight excluding hydrogens is 210 g/mol. The number of hydrogen-bond acceptors (Lipinski definition) is 2. The lowest BCUT2D eigenvalue weighted by atomic mass is 9.83. The number of hydrogen-bond donors (Lipinski definition) is 0. The molecule has 1 aromatic rings. The van der Waals surface area contributed by atoms with E-state index in [0.29, 0.717) is 17.7 Å². The van der Waals surface area contributed by atoms with Crippen molar-refractivity contribution >= 4 is 5.78 Å². The highest BCUT2D eigenvalue weighted by atomic mass is 16.1. The Morgan fingerprint density at radius 2 is 2.00 bits per heavy atom. The molecule has 90 valence electrons. The molecule has 0 aromatic heterocycles. The van der Waals surface area contributed by atoms with Gasteiger partial charge in [-0.05, 0) is 37.8 Å².